The van der Waals surface area contributed by atoms with Gasteiger partial charge in [0.2, 0.25) is 0 Å². The molecule has 0 amide bonds. The summed E-state index contributed by atoms with van der Waals surface area (Å²) in [5.74, 6) is 0. The summed E-state index contributed by atoms with van der Waals surface area (Å²) in [6.07, 6.45) is 0. The zero-order valence-electron chi connectivity index (χ0n) is 13.4. The normalized spacial score (nSPS) is 11.0. The summed E-state index contributed by atoms with van der Waals surface area (Å²) in [6.45, 7) is 0.189. The monoisotopic (exact) mass is 394 g/mol. The minimum atomic E-state index is -0.232. The van der Waals surface area contributed by atoms with Crippen LogP contribution in [0, 0.1) is 0 Å². The Bertz CT molecular complexity index is 931. The molecule has 1 aromatic heterocycles. The van der Waals surface area contributed by atoms with Crippen LogP contribution in [0.1, 0.15) is 11.3 Å². The van der Waals surface area contributed by atoms with Crippen LogP contribution >= 0.6 is 35.0 Å². The third-order valence-electron chi connectivity index (χ3n) is 3.80. The van der Waals surface area contributed by atoms with Crippen LogP contribution in [0.4, 0.5) is 0 Å². The zero-order valence-corrected chi connectivity index (χ0v) is 15.8. The van der Waals surface area contributed by atoms with E-state index >= 15 is 0 Å². The van der Waals surface area contributed by atoms with Gasteiger partial charge in [0.25, 0.3) is 0 Å². The van der Waals surface area contributed by atoms with Gasteiger partial charge in [0.05, 0.1) is 18.8 Å². The van der Waals surface area contributed by atoms with Gasteiger partial charge >= 0.3 is 5.69 Å². The molecule has 1 heterocycles. The molecule has 0 radical (unpaired) electrons. The number of nitrogens with zero attached hydrogens (tertiary/aromatic N) is 2. The van der Waals surface area contributed by atoms with Gasteiger partial charge in [-0.05, 0) is 23.8 Å². The van der Waals surface area contributed by atoms with Crippen molar-refractivity contribution in [3.63, 3.8) is 0 Å². The van der Waals surface area contributed by atoms with Gasteiger partial charge in [-0.25, -0.2) is 4.79 Å². The summed E-state index contributed by atoms with van der Waals surface area (Å²) in [5, 5.41) is 11.5. The maximum absolute atomic E-state index is 12.6. The summed E-state index contributed by atoms with van der Waals surface area (Å²) in [6, 6.07) is 14.9. The van der Waals surface area contributed by atoms with Crippen LogP contribution in [0.25, 0.3) is 0 Å². The van der Waals surface area contributed by atoms with Crippen LogP contribution in [-0.2, 0) is 20.2 Å². The predicted octanol–water partition coefficient (Wildman–Crippen LogP) is 4.19. The van der Waals surface area contributed by atoms with E-state index in [-0.39, 0.29) is 12.3 Å². The Morgan fingerprint density at radius 2 is 1.72 bits per heavy atom. The first-order valence-electron chi connectivity index (χ1n) is 7.56. The molecule has 0 aliphatic heterocycles. The highest BCUT2D eigenvalue weighted by Gasteiger charge is 2.19. The molecule has 25 heavy (non-hydrogen) atoms. The second kappa shape index (κ2) is 7.70. The number of benzene rings is 2. The number of aromatic nitrogens is 2. The van der Waals surface area contributed by atoms with Crippen molar-refractivity contribution in [2.75, 3.05) is 0 Å². The number of imidazole rings is 1. The zero-order chi connectivity index (χ0) is 18.0. The van der Waals surface area contributed by atoms with Crippen molar-refractivity contribution in [3.05, 3.63) is 80.3 Å². The third-order valence-corrected chi connectivity index (χ3v) is 5.36. The van der Waals surface area contributed by atoms with E-state index in [1.165, 1.54) is 16.3 Å². The standard InChI is InChI=1S/C18H16Cl2N2O2S/c1-21-16(11-23)17(25-15-8-13(19)7-14(20)9-15)22(18(21)24)10-12-5-3-2-4-6-12/h2-9,23H,10-11H2,1H3. The van der Waals surface area contributed by atoms with E-state index in [1.807, 2.05) is 30.3 Å². The maximum Gasteiger partial charge on any atom is 0.329 e. The van der Waals surface area contributed by atoms with Gasteiger partial charge < -0.3 is 5.11 Å². The van der Waals surface area contributed by atoms with Crippen LogP contribution in [0.2, 0.25) is 10.0 Å². The van der Waals surface area contributed by atoms with Gasteiger partial charge in [0.1, 0.15) is 5.03 Å². The lowest BCUT2D eigenvalue weighted by Gasteiger charge is -2.09. The van der Waals surface area contributed by atoms with E-state index in [4.69, 9.17) is 23.2 Å². The summed E-state index contributed by atoms with van der Waals surface area (Å²) in [7, 11) is 1.66. The van der Waals surface area contributed by atoms with Crippen molar-refractivity contribution >= 4 is 35.0 Å². The molecule has 0 aliphatic rings. The quantitative estimate of drug-likeness (QED) is 0.705. The summed E-state index contributed by atoms with van der Waals surface area (Å²) in [5.41, 5.74) is 1.39. The van der Waals surface area contributed by atoms with Crippen LogP contribution in [0.15, 0.2) is 63.2 Å². The molecule has 0 unspecified atom stereocenters. The first-order chi connectivity index (χ1) is 12.0. The third kappa shape index (κ3) is 3.96. The predicted molar refractivity (Wildman–Crippen MR) is 102 cm³/mol. The first-order valence-corrected chi connectivity index (χ1v) is 9.14. The van der Waals surface area contributed by atoms with Crippen molar-refractivity contribution in [2.24, 2.45) is 7.05 Å². The minimum Gasteiger partial charge on any atom is -0.390 e. The van der Waals surface area contributed by atoms with Crippen molar-refractivity contribution < 1.29 is 5.11 Å². The summed E-state index contributed by atoms with van der Waals surface area (Å²) < 4.78 is 3.12. The van der Waals surface area contributed by atoms with Gasteiger partial charge in [-0.15, -0.1) is 0 Å². The van der Waals surface area contributed by atoms with E-state index in [2.05, 4.69) is 0 Å². The molecule has 7 heteroatoms. The number of aliphatic hydroxyl groups is 1. The average molecular weight is 395 g/mol. The lowest BCUT2D eigenvalue weighted by molar-refractivity contribution is 0.268. The molecule has 3 aromatic rings. The van der Waals surface area contributed by atoms with Gasteiger partial charge in [-0.2, -0.15) is 0 Å². The smallest absolute Gasteiger partial charge is 0.329 e. The highest BCUT2D eigenvalue weighted by Crippen LogP contribution is 2.34. The molecule has 0 fully saturated rings. The van der Waals surface area contributed by atoms with E-state index in [9.17, 15) is 9.90 Å². The Hall–Kier alpha value is -1.66. The Labute approximate surface area is 159 Å². The van der Waals surface area contributed by atoms with Gasteiger partial charge in [-0.1, -0.05) is 65.3 Å². The number of aliphatic hydroxyl groups excluding tert-OH is 1. The second-order valence-corrected chi connectivity index (χ2v) is 7.47. The fraction of sp³-hybridized carbons (Fsp3) is 0.167. The van der Waals surface area contributed by atoms with Crippen molar-refractivity contribution in [1.29, 1.82) is 0 Å². The Balaban J connectivity index is 2.07. The Kier molecular flexibility index (Phi) is 5.59. The molecule has 0 bridgehead atoms. The number of halogens is 2. The topological polar surface area (TPSA) is 47.2 Å². The van der Waals surface area contributed by atoms with E-state index < -0.39 is 0 Å². The fourth-order valence-electron chi connectivity index (χ4n) is 2.57. The van der Waals surface area contributed by atoms with Gasteiger partial charge in [0, 0.05) is 22.0 Å². The molecular formula is C18H16Cl2N2O2S. The minimum absolute atomic E-state index is 0.177. The molecule has 3 rings (SSSR count). The number of rotatable bonds is 5. The highest BCUT2D eigenvalue weighted by molar-refractivity contribution is 7.99. The van der Waals surface area contributed by atoms with Crippen LogP contribution in [-0.4, -0.2) is 14.2 Å². The SMILES string of the molecule is Cn1c(CO)c(Sc2cc(Cl)cc(Cl)c2)n(Cc2ccccc2)c1=O. The highest BCUT2D eigenvalue weighted by atomic mass is 35.5. The molecule has 0 saturated heterocycles. The lowest BCUT2D eigenvalue weighted by atomic mass is 10.2. The maximum atomic E-state index is 12.6. The van der Waals surface area contributed by atoms with Crippen LogP contribution < -0.4 is 5.69 Å². The summed E-state index contributed by atoms with van der Waals surface area (Å²) in [4.78, 5) is 13.5. The second-order valence-electron chi connectivity index (χ2n) is 5.53. The number of hydrogen-bond donors (Lipinski definition) is 1. The van der Waals surface area contributed by atoms with Crippen LogP contribution in [0.3, 0.4) is 0 Å². The number of hydrogen-bond acceptors (Lipinski definition) is 3. The first kappa shape index (κ1) is 18.1. The van der Waals surface area contributed by atoms with E-state index in [1.54, 1.807) is 29.8 Å². The fourth-order valence-corrected chi connectivity index (χ4v) is 4.40. The van der Waals surface area contributed by atoms with Gasteiger partial charge in [-0.3, -0.25) is 9.13 Å². The van der Waals surface area contributed by atoms with Crippen molar-refractivity contribution in [3.8, 4) is 0 Å². The molecule has 4 nitrogen and oxygen atoms in total. The average Bonchev–Trinajstić information content (AvgIpc) is 2.79. The summed E-state index contributed by atoms with van der Waals surface area (Å²) >= 11 is 13.5. The molecule has 0 spiro atoms. The largest absolute Gasteiger partial charge is 0.390 e. The molecule has 0 aliphatic carbocycles. The van der Waals surface area contributed by atoms with E-state index in [0.717, 1.165) is 10.5 Å². The van der Waals surface area contributed by atoms with E-state index in [0.29, 0.717) is 27.3 Å². The van der Waals surface area contributed by atoms with Gasteiger partial charge in [0.15, 0.2) is 0 Å². The van der Waals surface area contributed by atoms with Crippen molar-refractivity contribution in [1.82, 2.24) is 9.13 Å². The Morgan fingerprint density at radius 3 is 2.32 bits per heavy atom. The van der Waals surface area contributed by atoms with Crippen molar-refractivity contribution in [2.45, 2.75) is 23.1 Å². The molecule has 0 saturated carbocycles. The lowest BCUT2D eigenvalue weighted by Crippen LogP contribution is -2.23. The molecule has 1 N–H and O–H groups in total. The molecule has 0 atom stereocenters. The Morgan fingerprint density at radius 1 is 1.08 bits per heavy atom. The molecule has 2 aromatic carbocycles. The van der Waals surface area contributed by atoms with Crippen LogP contribution in [0.5, 0.6) is 0 Å². The molecular weight excluding hydrogens is 379 g/mol. The molecule has 130 valence electrons.